The monoisotopic (exact) mass is 351 g/mol. The van der Waals surface area contributed by atoms with E-state index in [9.17, 15) is 9.90 Å². The van der Waals surface area contributed by atoms with E-state index in [-0.39, 0.29) is 17.3 Å². The maximum Gasteiger partial charge on any atom is 0.231 e. The van der Waals surface area contributed by atoms with Crippen molar-refractivity contribution in [3.63, 3.8) is 0 Å². The molecule has 1 saturated heterocycles. The Morgan fingerprint density at radius 3 is 2.85 bits per heavy atom. The van der Waals surface area contributed by atoms with Crippen LogP contribution in [0.25, 0.3) is 6.08 Å². The predicted molar refractivity (Wildman–Crippen MR) is 98.1 cm³/mol. The Kier molecular flexibility index (Phi) is 4.47. The fourth-order valence-electron chi connectivity index (χ4n) is 3.68. The van der Waals surface area contributed by atoms with Crippen molar-refractivity contribution >= 4 is 11.9 Å². The van der Waals surface area contributed by atoms with Crippen LogP contribution in [0, 0.1) is 5.92 Å². The number of fused-ring (bicyclic) bond motifs is 1. The molecule has 2 aliphatic heterocycles. The van der Waals surface area contributed by atoms with Crippen molar-refractivity contribution in [3.05, 3.63) is 59.1 Å². The average Bonchev–Trinajstić information content (AvgIpc) is 2.96. The smallest absolute Gasteiger partial charge is 0.231 e. The Morgan fingerprint density at radius 2 is 2.12 bits per heavy atom. The fourth-order valence-corrected chi connectivity index (χ4v) is 3.68. The molecule has 0 unspecified atom stereocenters. The lowest BCUT2D eigenvalue weighted by Gasteiger charge is -2.27. The molecule has 2 aliphatic rings. The van der Waals surface area contributed by atoms with Crippen LogP contribution in [0.5, 0.6) is 11.5 Å². The molecule has 134 valence electrons. The highest BCUT2D eigenvalue weighted by Crippen LogP contribution is 2.39. The molecular formula is C21H23N2O3+. The zero-order valence-corrected chi connectivity index (χ0v) is 14.9. The highest BCUT2D eigenvalue weighted by molar-refractivity contribution is 6.14. The molecule has 0 atom stereocenters. The molecule has 0 spiro atoms. The summed E-state index contributed by atoms with van der Waals surface area (Å²) in [5.74, 6) is 1.61. The second kappa shape index (κ2) is 6.92. The van der Waals surface area contributed by atoms with Crippen molar-refractivity contribution in [1.82, 2.24) is 4.98 Å². The average molecular weight is 351 g/mol. The number of ketones is 1. The number of quaternary nitrogens is 1. The van der Waals surface area contributed by atoms with Gasteiger partial charge in [0.25, 0.3) is 0 Å². The number of hydrogen-bond acceptors (Lipinski definition) is 4. The highest BCUT2D eigenvalue weighted by Gasteiger charge is 2.33. The van der Waals surface area contributed by atoms with Crippen molar-refractivity contribution < 1.29 is 19.5 Å². The van der Waals surface area contributed by atoms with Gasteiger partial charge in [0.2, 0.25) is 5.78 Å². The van der Waals surface area contributed by atoms with Gasteiger partial charge in [-0.25, -0.2) is 0 Å². The van der Waals surface area contributed by atoms with E-state index in [1.54, 1.807) is 30.6 Å². The Balaban J connectivity index is 1.62. The lowest BCUT2D eigenvalue weighted by Crippen LogP contribution is -3.11. The summed E-state index contributed by atoms with van der Waals surface area (Å²) in [4.78, 5) is 18.2. The van der Waals surface area contributed by atoms with Crippen molar-refractivity contribution in [2.24, 2.45) is 5.92 Å². The van der Waals surface area contributed by atoms with E-state index in [0.717, 1.165) is 30.1 Å². The number of phenols is 1. The molecular weight excluding hydrogens is 328 g/mol. The normalized spacial score (nSPS) is 23.7. The molecule has 3 heterocycles. The SMILES string of the molecule is CC1CC[NH+](Cc2c(O)ccc3c2O/C(=C/c2cccnc2)C3=O)CC1. The zero-order valence-electron chi connectivity index (χ0n) is 14.9. The maximum absolute atomic E-state index is 12.7. The largest absolute Gasteiger partial charge is 0.507 e. The predicted octanol–water partition coefficient (Wildman–Crippen LogP) is 2.22. The number of benzene rings is 1. The minimum absolute atomic E-state index is 0.146. The molecule has 0 radical (unpaired) electrons. The summed E-state index contributed by atoms with van der Waals surface area (Å²) in [6, 6.07) is 6.94. The summed E-state index contributed by atoms with van der Waals surface area (Å²) in [5.41, 5.74) is 2.07. The van der Waals surface area contributed by atoms with Gasteiger partial charge in [0.1, 0.15) is 12.3 Å². The molecule has 26 heavy (non-hydrogen) atoms. The summed E-state index contributed by atoms with van der Waals surface area (Å²) in [6.07, 6.45) is 7.45. The number of aromatic nitrogens is 1. The number of aromatic hydroxyl groups is 1. The van der Waals surface area contributed by atoms with E-state index >= 15 is 0 Å². The molecule has 0 aliphatic carbocycles. The first kappa shape index (κ1) is 16.8. The quantitative estimate of drug-likeness (QED) is 0.833. The number of phenolic OH excluding ortho intramolecular Hbond substituents is 1. The number of piperidine rings is 1. The summed E-state index contributed by atoms with van der Waals surface area (Å²) >= 11 is 0. The number of ether oxygens (including phenoxy) is 1. The Morgan fingerprint density at radius 1 is 1.31 bits per heavy atom. The number of hydrogen-bond donors (Lipinski definition) is 2. The molecule has 1 aromatic heterocycles. The zero-order chi connectivity index (χ0) is 18.1. The molecule has 0 bridgehead atoms. The number of carbonyl (C=O) groups is 1. The summed E-state index contributed by atoms with van der Waals surface area (Å²) < 4.78 is 5.91. The highest BCUT2D eigenvalue weighted by atomic mass is 16.5. The van der Waals surface area contributed by atoms with E-state index in [1.165, 1.54) is 17.7 Å². The van der Waals surface area contributed by atoms with Crippen LogP contribution >= 0.6 is 0 Å². The minimum Gasteiger partial charge on any atom is -0.507 e. The Bertz CT molecular complexity index is 853. The first-order valence-corrected chi connectivity index (χ1v) is 9.14. The first-order chi connectivity index (χ1) is 12.6. The maximum atomic E-state index is 12.7. The molecule has 0 amide bonds. The van der Waals surface area contributed by atoms with Gasteiger partial charge < -0.3 is 14.7 Å². The fraction of sp³-hybridized carbons (Fsp3) is 0.333. The van der Waals surface area contributed by atoms with Gasteiger partial charge in [-0.1, -0.05) is 13.0 Å². The lowest BCUT2D eigenvalue weighted by atomic mass is 9.98. The van der Waals surface area contributed by atoms with Crippen LogP contribution in [-0.4, -0.2) is 29.0 Å². The third kappa shape index (κ3) is 3.22. The number of likely N-dealkylation sites (tertiary alicyclic amines) is 1. The lowest BCUT2D eigenvalue weighted by molar-refractivity contribution is -0.919. The molecule has 1 fully saturated rings. The minimum atomic E-state index is -0.146. The number of rotatable bonds is 3. The number of allylic oxidation sites excluding steroid dienone is 1. The second-order valence-electron chi connectivity index (χ2n) is 7.28. The molecule has 5 heteroatoms. The van der Waals surface area contributed by atoms with Gasteiger partial charge in [-0.05, 0) is 48.6 Å². The van der Waals surface area contributed by atoms with Crippen LogP contribution < -0.4 is 9.64 Å². The second-order valence-corrected chi connectivity index (χ2v) is 7.28. The van der Waals surface area contributed by atoms with Gasteiger partial charge in [-0.2, -0.15) is 0 Å². The van der Waals surface area contributed by atoms with E-state index in [4.69, 9.17) is 4.74 Å². The van der Waals surface area contributed by atoms with Gasteiger partial charge in [0.05, 0.1) is 24.2 Å². The van der Waals surface area contributed by atoms with Gasteiger partial charge >= 0.3 is 0 Å². The van der Waals surface area contributed by atoms with Crippen molar-refractivity contribution in [2.45, 2.75) is 26.3 Å². The number of nitrogens with one attached hydrogen (secondary N) is 1. The molecule has 1 aromatic carbocycles. The molecule has 5 nitrogen and oxygen atoms in total. The van der Waals surface area contributed by atoms with Crippen molar-refractivity contribution in [1.29, 1.82) is 0 Å². The topological polar surface area (TPSA) is 63.9 Å². The first-order valence-electron chi connectivity index (χ1n) is 9.14. The van der Waals surface area contributed by atoms with Crippen LogP contribution in [0.3, 0.4) is 0 Å². The standard InChI is InChI=1S/C21H22N2O3/c1-14-6-9-23(10-7-14)13-17-18(24)5-4-16-20(25)19(26-21(16)17)11-15-3-2-8-22-12-15/h2-5,8,11-12,14,24H,6-7,9-10,13H2,1H3/p+1/b19-11+. The van der Waals surface area contributed by atoms with Gasteiger partial charge in [-0.3, -0.25) is 9.78 Å². The molecule has 2 aromatic rings. The Hall–Kier alpha value is -2.66. The van der Waals surface area contributed by atoms with Gasteiger partial charge in [0.15, 0.2) is 11.5 Å². The summed E-state index contributed by atoms with van der Waals surface area (Å²) in [6.45, 7) is 5.12. The third-order valence-electron chi connectivity index (χ3n) is 5.31. The summed E-state index contributed by atoms with van der Waals surface area (Å²) in [7, 11) is 0. The van der Waals surface area contributed by atoms with E-state index in [1.807, 2.05) is 12.1 Å². The van der Waals surface area contributed by atoms with Crippen LogP contribution in [0.4, 0.5) is 0 Å². The number of carbonyl (C=O) groups excluding carboxylic acids is 1. The van der Waals surface area contributed by atoms with Crippen LogP contribution in [0.15, 0.2) is 42.4 Å². The van der Waals surface area contributed by atoms with Crippen molar-refractivity contribution in [3.8, 4) is 11.5 Å². The Labute approximate surface area is 152 Å². The molecule has 2 N–H and O–H groups in total. The third-order valence-corrected chi connectivity index (χ3v) is 5.31. The molecule has 0 saturated carbocycles. The number of pyridine rings is 1. The van der Waals surface area contributed by atoms with Crippen LogP contribution in [0.1, 0.15) is 41.3 Å². The number of Topliss-reactive ketones (excluding diaryl/α,β-unsaturated/α-hetero) is 1. The molecule has 4 rings (SSSR count). The van der Waals surface area contributed by atoms with Crippen LogP contribution in [0.2, 0.25) is 0 Å². The van der Waals surface area contributed by atoms with Crippen LogP contribution in [-0.2, 0) is 6.54 Å². The summed E-state index contributed by atoms with van der Waals surface area (Å²) in [5, 5.41) is 10.4. The van der Waals surface area contributed by atoms with E-state index < -0.39 is 0 Å². The van der Waals surface area contributed by atoms with Gasteiger partial charge in [-0.15, -0.1) is 0 Å². The van der Waals surface area contributed by atoms with Crippen molar-refractivity contribution in [2.75, 3.05) is 13.1 Å². The van der Waals surface area contributed by atoms with E-state index in [2.05, 4.69) is 11.9 Å². The number of nitrogens with zero attached hydrogens (tertiary/aromatic N) is 1. The van der Waals surface area contributed by atoms with E-state index in [0.29, 0.717) is 17.9 Å². The van der Waals surface area contributed by atoms with Gasteiger partial charge in [0, 0.05) is 12.4 Å².